The Labute approximate surface area is 110 Å². The smallest absolute Gasteiger partial charge is 0.316 e. The number of rotatable bonds is 4. The highest BCUT2D eigenvalue weighted by Gasteiger charge is 2.32. The number of carbonyl (C=O) groups excluding carboxylic acids is 1. The minimum Gasteiger partial charge on any atom is -0.316 e. The number of alkyl halides is 3. The highest BCUT2D eigenvalue weighted by atomic mass is 32.1. The predicted molar refractivity (Wildman–Crippen MR) is 64.4 cm³/mol. The molecule has 19 heavy (non-hydrogen) atoms. The minimum absolute atomic E-state index is 0.0572. The lowest BCUT2D eigenvalue weighted by Crippen LogP contribution is -2.08. The maximum atomic E-state index is 12.5. The number of nitrogens with zero attached hydrogens (tertiary/aromatic N) is 2. The van der Waals surface area contributed by atoms with Crippen LogP contribution >= 0.6 is 11.3 Å². The van der Waals surface area contributed by atoms with Crippen LogP contribution in [0.3, 0.4) is 0 Å². The van der Waals surface area contributed by atoms with E-state index in [-0.39, 0.29) is 12.2 Å². The van der Waals surface area contributed by atoms with Crippen molar-refractivity contribution in [2.75, 3.05) is 5.32 Å². The zero-order chi connectivity index (χ0) is 13.9. The summed E-state index contributed by atoms with van der Waals surface area (Å²) in [5.41, 5.74) is -0.406. The third kappa shape index (κ3) is 3.50. The topological polar surface area (TPSA) is 54.9 Å². The van der Waals surface area contributed by atoms with Gasteiger partial charge in [-0.15, -0.1) is 11.3 Å². The van der Waals surface area contributed by atoms with Crippen molar-refractivity contribution in [2.24, 2.45) is 0 Å². The van der Waals surface area contributed by atoms with Gasteiger partial charge < -0.3 is 10.1 Å². The number of thiazole rings is 1. The number of nitrogens with one attached hydrogen (secondary N) is 1. The number of hydrogen-bond acceptors (Lipinski definition) is 5. The summed E-state index contributed by atoms with van der Waals surface area (Å²) >= 11 is 1.20. The Morgan fingerprint density at radius 3 is 2.79 bits per heavy atom. The molecule has 0 fully saturated rings. The molecule has 4 nitrogen and oxygen atoms in total. The number of aromatic nitrogens is 2. The van der Waals surface area contributed by atoms with Gasteiger partial charge in [-0.05, 0) is 12.1 Å². The van der Waals surface area contributed by atoms with Crippen LogP contribution in [-0.4, -0.2) is 16.3 Å². The molecule has 0 saturated carbocycles. The lowest BCUT2D eigenvalue weighted by atomic mass is 10.3. The van der Waals surface area contributed by atoms with Crippen LogP contribution in [-0.2, 0) is 17.4 Å². The first-order valence-electron chi connectivity index (χ1n) is 5.18. The first-order valence-corrected chi connectivity index (χ1v) is 6.06. The number of halogens is 3. The van der Waals surface area contributed by atoms with Crippen molar-refractivity contribution in [3.05, 3.63) is 35.0 Å². The van der Waals surface area contributed by atoms with Gasteiger partial charge in [-0.25, -0.2) is 9.97 Å². The van der Waals surface area contributed by atoms with E-state index in [0.717, 1.165) is 6.07 Å². The van der Waals surface area contributed by atoms with Gasteiger partial charge in [-0.2, -0.15) is 13.2 Å². The molecule has 0 spiro atoms. The summed E-state index contributed by atoms with van der Waals surface area (Å²) in [5, 5.41) is 4.72. The monoisotopic (exact) mass is 287 g/mol. The van der Waals surface area contributed by atoms with Gasteiger partial charge in [0, 0.05) is 11.8 Å². The zero-order valence-electron chi connectivity index (χ0n) is 9.44. The lowest BCUT2D eigenvalue weighted by molar-refractivity contribution is -0.141. The van der Waals surface area contributed by atoms with Crippen molar-refractivity contribution in [3.8, 4) is 0 Å². The molecule has 0 radical (unpaired) electrons. The number of pyridine rings is 1. The summed E-state index contributed by atoms with van der Waals surface area (Å²) in [5.74, 6) is 0.0572. The van der Waals surface area contributed by atoms with Gasteiger partial charge in [-0.3, -0.25) is 0 Å². The molecular formula is C11H8F3N3OS. The van der Waals surface area contributed by atoms with Crippen LogP contribution in [0.15, 0.2) is 23.6 Å². The quantitative estimate of drug-likeness (QED) is 0.878. The average Bonchev–Trinajstić information content (AvgIpc) is 2.76. The van der Waals surface area contributed by atoms with Gasteiger partial charge in [0.25, 0.3) is 0 Å². The summed E-state index contributed by atoms with van der Waals surface area (Å²) in [6.07, 6.45) is -3.60. The van der Waals surface area contributed by atoms with Crippen LogP contribution in [0.4, 0.5) is 24.1 Å². The molecule has 8 heteroatoms. The molecule has 0 unspecified atom stereocenters. The van der Waals surface area contributed by atoms with Gasteiger partial charge in [0.2, 0.25) is 0 Å². The summed E-state index contributed by atoms with van der Waals surface area (Å²) in [6, 6.07) is 3.57. The van der Waals surface area contributed by atoms with Crippen LogP contribution < -0.4 is 5.32 Å². The van der Waals surface area contributed by atoms with Crippen LogP contribution in [0.25, 0.3) is 0 Å². The summed E-state index contributed by atoms with van der Waals surface area (Å²) in [4.78, 5) is 17.8. The Hall–Kier alpha value is -1.96. The molecule has 0 bridgehead atoms. The Morgan fingerprint density at radius 2 is 2.11 bits per heavy atom. The van der Waals surface area contributed by atoms with Gasteiger partial charge >= 0.3 is 6.18 Å². The van der Waals surface area contributed by atoms with Crippen molar-refractivity contribution < 1.29 is 18.0 Å². The van der Waals surface area contributed by atoms with E-state index < -0.39 is 11.9 Å². The van der Waals surface area contributed by atoms with Gasteiger partial charge in [0.05, 0.1) is 5.69 Å². The fourth-order valence-electron chi connectivity index (χ4n) is 1.32. The number of carbonyl (C=O) groups is 1. The first-order chi connectivity index (χ1) is 8.99. The molecule has 2 heterocycles. The van der Waals surface area contributed by atoms with Crippen molar-refractivity contribution in [2.45, 2.75) is 12.6 Å². The van der Waals surface area contributed by atoms with E-state index in [1.165, 1.54) is 23.5 Å². The molecule has 0 saturated heterocycles. The summed E-state index contributed by atoms with van der Waals surface area (Å²) in [7, 11) is 0. The zero-order valence-corrected chi connectivity index (χ0v) is 10.3. The average molecular weight is 287 g/mol. The van der Waals surface area contributed by atoms with Gasteiger partial charge in [-0.1, -0.05) is 6.07 Å². The second-order valence-electron chi connectivity index (χ2n) is 3.55. The molecule has 2 rings (SSSR count). The van der Waals surface area contributed by atoms with E-state index in [1.807, 2.05) is 0 Å². The minimum atomic E-state index is -4.48. The van der Waals surface area contributed by atoms with E-state index >= 15 is 0 Å². The number of anilines is 2. The van der Waals surface area contributed by atoms with Crippen molar-refractivity contribution >= 4 is 28.6 Å². The second-order valence-corrected chi connectivity index (χ2v) is 4.40. The van der Waals surface area contributed by atoms with E-state index in [1.54, 1.807) is 5.38 Å². The van der Waals surface area contributed by atoms with Crippen LogP contribution in [0, 0.1) is 0 Å². The SMILES string of the molecule is O=CCc1csc(Nc2cccc(C(F)(F)F)n2)n1. The molecular weight excluding hydrogens is 279 g/mol. The van der Waals surface area contributed by atoms with Gasteiger partial charge in [0.1, 0.15) is 17.8 Å². The maximum absolute atomic E-state index is 12.5. The fourth-order valence-corrected chi connectivity index (χ4v) is 2.05. The Balaban J connectivity index is 2.16. The Morgan fingerprint density at radius 1 is 1.32 bits per heavy atom. The highest BCUT2D eigenvalue weighted by Crippen LogP contribution is 2.29. The number of hydrogen-bond donors (Lipinski definition) is 1. The Kier molecular flexibility index (Phi) is 3.79. The molecule has 0 aliphatic rings. The normalized spacial score (nSPS) is 11.3. The standard InChI is InChI=1S/C11H8F3N3OS/c12-11(13,14)8-2-1-3-9(16-8)17-10-15-7(4-5-18)6-19-10/h1-3,5-6H,4H2,(H,15,16,17). The van der Waals surface area contributed by atoms with Gasteiger partial charge in [0.15, 0.2) is 5.13 Å². The molecule has 2 aromatic rings. The molecule has 0 atom stereocenters. The van der Waals surface area contributed by atoms with E-state index in [2.05, 4.69) is 15.3 Å². The van der Waals surface area contributed by atoms with Crippen LogP contribution in [0.1, 0.15) is 11.4 Å². The summed E-state index contributed by atoms with van der Waals surface area (Å²) in [6.45, 7) is 0. The third-order valence-corrected chi connectivity index (χ3v) is 2.93. The molecule has 1 N–H and O–H groups in total. The van der Waals surface area contributed by atoms with Crippen LogP contribution in [0.5, 0.6) is 0 Å². The van der Waals surface area contributed by atoms with Crippen molar-refractivity contribution in [1.82, 2.24) is 9.97 Å². The first kappa shape index (κ1) is 13.5. The lowest BCUT2D eigenvalue weighted by Gasteiger charge is -2.07. The second kappa shape index (κ2) is 5.35. The van der Waals surface area contributed by atoms with E-state index in [0.29, 0.717) is 17.1 Å². The molecule has 2 aromatic heterocycles. The van der Waals surface area contributed by atoms with Crippen molar-refractivity contribution in [1.29, 1.82) is 0 Å². The fraction of sp³-hybridized carbons (Fsp3) is 0.182. The van der Waals surface area contributed by atoms with E-state index in [4.69, 9.17) is 0 Å². The molecule has 0 amide bonds. The predicted octanol–water partition coefficient (Wildman–Crippen LogP) is 3.04. The maximum Gasteiger partial charge on any atom is 0.433 e. The Bertz CT molecular complexity index is 583. The molecule has 0 aromatic carbocycles. The van der Waals surface area contributed by atoms with Crippen molar-refractivity contribution in [3.63, 3.8) is 0 Å². The number of aldehydes is 1. The molecule has 0 aliphatic heterocycles. The third-order valence-electron chi connectivity index (χ3n) is 2.12. The van der Waals surface area contributed by atoms with E-state index in [9.17, 15) is 18.0 Å². The summed E-state index contributed by atoms with van der Waals surface area (Å²) < 4.78 is 37.4. The molecule has 0 aliphatic carbocycles. The van der Waals surface area contributed by atoms with Crippen LogP contribution in [0.2, 0.25) is 0 Å². The largest absolute Gasteiger partial charge is 0.433 e. The molecule has 100 valence electrons. The highest BCUT2D eigenvalue weighted by molar-refractivity contribution is 7.13.